The van der Waals surface area contributed by atoms with Crippen molar-refractivity contribution in [1.82, 2.24) is 19.7 Å². The summed E-state index contributed by atoms with van der Waals surface area (Å²) < 4.78 is 1.98. The number of fused-ring (bicyclic) bond motifs is 1. The molecular weight excluding hydrogens is 254 g/mol. The second-order valence-corrected chi connectivity index (χ2v) is 4.72. The molecule has 0 spiro atoms. The smallest absolute Gasteiger partial charge is 0.248 e. The van der Waals surface area contributed by atoms with E-state index in [0.29, 0.717) is 11.8 Å². The zero-order valence-corrected chi connectivity index (χ0v) is 11.3. The molecule has 0 saturated carbocycles. The summed E-state index contributed by atoms with van der Waals surface area (Å²) in [5.74, 6) is 0.831. The normalized spacial score (nSPS) is 10.9. The highest BCUT2D eigenvalue weighted by molar-refractivity contribution is 5.90. The SMILES string of the molecule is Cc1nc(NC(=O)Cn2c(C)cc3ccccc32)n[nH]1. The van der Waals surface area contributed by atoms with Crippen LogP contribution in [0.4, 0.5) is 5.95 Å². The zero-order chi connectivity index (χ0) is 14.1. The highest BCUT2D eigenvalue weighted by atomic mass is 16.2. The van der Waals surface area contributed by atoms with Crippen LogP contribution < -0.4 is 5.32 Å². The molecule has 20 heavy (non-hydrogen) atoms. The summed E-state index contributed by atoms with van der Waals surface area (Å²) >= 11 is 0. The average molecular weight is 269 g/mol. The molecule has 0 unspecified atom stereocenters. The predicted molar refractivity (Wildman–Crippen MR) is 76.4 cm³/mol. The topological polar surface area (TPSA) is 75.6 Å². The molecule has 0 saturated heterocycles. The van der Waals surface area contributed by atoms with Crippen molar-refractivity contribution in [3.63, 3.8) is 0 Å². The quantitative estimate of drug-likeness (QED) is 0.763. The fourth-order valence-electron chi connectivity index (χ4n) is 2.26. The van der Waals surface area contributed by atoms with Gasteiger partial charge in [0.25, 0.3) is 0 Å². The molecule has 0 atom stereocenters. The van der Waals surface area contributed by atoms with Crippen molar-refractivity contribution in [2.75, 3.05) is 5.32 Å². The number of H-pyrrole nitrogens is 1. The van der Waals surface area contributed by atoms with E-state index >= 15 is 0 Å². The van der Waals surface area contributed by atoms with Gasteiger partial charge in [-0.05, 0) is 31.4 Å². The zero-order valence-electron chi connectivity index (χ0n) is 11.3. The first-order valence-corrected chi connectivity index (χ1v) is 6.37. The second kappa shape index (κ2) is 4.80. The predicted octanol–water partition coefficient (Wildman–Crippen LogP) is 2.01. The van der Waals surface area contributed by atoms with E-state index in [1.165, 1.54) is 0 Å². The Hall–Kier alpha value is -2.63. The fraction of sp³-hybridized carbons (Fsp3) is 0.214. The van der Waals surface area contributed by atoms with E-state index in [1.807, 2.05) is 35.8 Å². The minimum atomic E-state index is -0.145. The van der Waals surface area contributed by atoms with Gasteiger partial charge in [-0.1, -0.05) is 18.2 Å². The van der Waals surface area contributed by atoms with Crippen molar-refractivity contribution >= 4 is 22.8 Å². The molecule has 3 aromatic rings. The Morgan fingerprint density at radius 3 is 2.90 bits per heavy atom. The van der Waals surface area contributed by atoms with Crippen LogP contribution in [-0.4, -0.2) is 25.7 Å². The molecule has 3 rings (SSSR count). The Morgan fingerprint density at radius 2 is 2.15 bits per heavy atom. The number of anilines is 1. The van der Waals surface area contributed by atoms with Gasteiger partial charge >= 0.3 is 0 Å². The van der Waals surface area contributed by atoms with Crippen molar-refractivity contribution in [1.29, 1.82) is 0 Å². The number of aromatic amines is 1. The summed E-state index contributed by atoms with van der Waals surface area (Å²) in [6.45, 7) is 4.02. The number of amides is 1. The number of aromatic nitrogens is 4. The van der Waals surface area contributed by atoms with Gasteiger partial charge < -0.3 is 4.57 Å². The van der Waals surface area contributed by atoms with E-state index in [1.54, 1.807) is 6.92 Å². The average Bonchev–Trinajstić information content (AvgIpc) is 2.94. The third kappa shape index (κ3) is 2.27. The largest absolute Gasteiger partial charge is 0.335 e. The monoisotopic (exact) mass is 269 g/mol. The van der Waals surface area contributed by atoms with Gasteiger partial charge in [-0.3, -0.25) is 15.2 Å². The van der Waals surface area contributed by atoms with Gasteiger partial charge in [0.05, 0.1) is 0 Å². The van der Waals surface area contributed by atoms with Crippen LogP contribution in [0.15, 0.2) is 30.3 Å². The lowest BCUT2D eigenvalue weighted by molar-refractivity contribution is -0.116. The third-order valence-electron chi connectivity index (χ3n) is 3.17. The molecule has 6 heteroatoms. The van der Waals surface area contributed by atoms with Crippen LogP contribution in [0.1, 0.15) is 11.5 Å². The number of hydrogen-bond acceptors (Lipinski definition) is 3. The lowest BCUT2D eigenvalue weighted by Crippen LogP contribution is -2.20. The molecule has 2 aromatic heterocycles. The Bertz CT molecular complexity index is 771. The van der Waals surface area contributed by atoms with Crippen LogP contribution in [0.2, 0.25) is 0 Å². The van der Waals surface area contributed by atoms with Crippen molar-refractivity contribution in [2.24, 2.45) is 0 Å². The molecule has 6 nitrogen and oxygen atoms in total. The van der Waals surface area contributed by atoms with Gasteiger partial charge in [-0.25, -0.2) is 0 Å². The van der Waals surface area contributed by atoms with Crippen LogP contribution in [-0.2, 0) is 11.3 Å². The fourth-order valence-corrected chi connectivity index (χ4v) is 2.26. The van der Waals surface area contributed by atoms with E-state index in [0.717, 1.165) is 16.6 Å². The molecule has 1 aromatic carbocycles. The number of hydrogen-bond donors (Lipinski definition) is 2. The highest BCUT2D eigenvalue weighted by Crippen LogP contribution is 2.19. The molecule has 0 aliphatic rings. The molecule has 0 bridgehead atoms. The van der Waals surface area contributed by atoms with E-state index in [9.17, 15) is 4.79 Å². The molecule has 2 heterocycles. The first-order chi connectivity index (χ1) is 9.63. The van der Waals surface area contributed by atoms with E-state index < -0.39 is 0 Å². The van der Waals surface area contributed by atoms with E-state index in [-0.39, 0.29) is 12.5 Å². The van der Waals surface area contributed by atoms with Crippen molar-refractivity contribution < 1.29 is 4.79 Å². The number of nitrogens with zero attached hydrogens (tertiary/aromatic N) is 3. The number of carbonyl (C=O) groups excluding carboxylic acids is 1. The minimum absolute atomic E-state index is 0.145. The molecule has 0 radical (unpaired) electrons. The van der Waals surface area contributed by atoms with Crippen LogP contribution in [0.5, 0.6) is 0 Å². The number of benzene rings is 1. The maximum Gasteiger partial charge on any atom is 0.248 e. The van der Waals surface area contributed by atoms with Crippen LogP contribution in [0, 0.1) is 13.8 Å². The Labute approximate surface area is 115 Å². The minimum Gasteiger partial charge on any atom is -0.335 e. The number of aryl methyl sites for hydroxylation is 2. The Kier molecular flexibility index (Phi) is 2.98. The van der Waals surface area contributed by atoms with Gasteiger partial charge in [-0.2, -0.15) is 4.98 Å². The summed E-state index contributed by atoms with van der Waals surface area (Å²) in [6.07, 6.45) is 0. The third-order valence-corrected chi connectivity index (χ3v) is 3.17. The maximum absolute atomic E-state index is 12.1. The maximum atomic E-state index is 12.1. The number of carbonyl (C=O) groups is 1. The lowest BCUT2D eigenvalue weighted by Gasteiger charge is -2.07. The van der Waals surface area contributed by atoms with Crippen molar-refractivity contribution in [3.8, 4) is 0 Å². The van der Waals surface area contributed by atoms with Crippen LogP contribution in [0.25, 0.3) is 10.9 Å². The number of nitrogens with one attached hydrogen (secondary N) is 2. The van der Waals surface area contributed by atoms with Gasteiger partial charge in [0.15, 0.2) is 0 Å². The molecular formula is C14H15N5O. The molecule has 0 fully saturated rings. The lowest BCUT2D eigenvalue weighted by atomic mass is 10.2. The summed E-state index contributed by atoms with van der Waals surface area (Å²) in [7, 11) is 0. The summed E-state index contributed by atoms with van der Waals surface area (Å²) in [4.78, 5) is 16.1. The summed E-state index contributed by atoms with van der Waals surface area (Å²) in [5, 5.41) is 10.4. The summed E-state index contributed by atoms with van der Waals surface area (Å²) in [6, 6.07) is 10.1. The number of para-hydroxylation sites is 1. The van der Waals surface area contributed by atoms with Gasteiger partial charge in [-0.15, -0.1) is 5.10 Å². The van der Waals surface area contributed by atoms with Crippen LogP contribution in [0.3, 0.4) is 0 Å². The molecule has 1 amide bonds. The van der Waals surface area contributed by atoms with Crippen LogP contribution >= 0.6 is 0 Å². The molecule has 0 aliphatic heterocycles. The molecule has 102 valence electrons. The molecule has 0 aliphatic carbocycles. The number of rotatable bonds is 3. The Balaban J connectivity index is 1.82. The van der Waals surface area contributed by atoms with Gasteiger partial charge in [0.2, 0.25) is 11.9 Å². The molecule has 2 N–H and O–H groups in total. The first-order valence-electron chi connectivity index (χ1n) is 6.37. The Morgan fingerprint density at radius 1 is 1.35 bits per heavy atom. The standard InChI is InChI=1S/C14H15N5O/c1-9-7-11-5-3-4-6-12(11)19(9)8-13(20)16-14-15-10(2)17-18-14/h3-7H,8H2,1-2H3,(H2,15,16,17,18,20). The van der Waals surface area contributed by atoms with Gasteiger partial charge in [0, 0.05) is 11.2 Å². The van der Waals surface area contributed by atoms with Gasteiger partial charge in [0.1, 0.15) is 12.4 Å². The second-order valence-electron chi connectivity index (χ2n) is 4.72. The first kappa shape index (κ1) is 12.4. The summed E-state index contributed by atoms with van der Waals surface area (Å²) in [5.41, 5.74) is 2.10. The van der Waals surface area contributed by atoms with E-state index in [2.05, 4.69) is 26.6 Å². The van der Waals surface area contributed by atoms with E-state index in [4.69, 9.17) is 0 Å². The van der Waals surface area contributed by atoms with Crippen molar-refractivity contribution in [3.05, 3.63) is 41.9 Å². The van der Waals surface area contributed by atoms with Crippen molar-refractivity contribution in [2.45, 2.75) is 20.4 Å². The highest BCUT2D eigenvalue weighted by Gasteiger charge is 2.11.